The minimum Gasteiger partial charge on any atom is -0.347 e. The van der Waals surface area contributed by atoms with Gasteiger partial charge in [0.2, 0.25) is 11.9 Å². The van der Waals surface area contributed by atoms with Gasteiger partial charge in [0.05, 0.1) is 17.1 Å². The minimum atomic E-state index is -0.0643. The lowest BCUT2D eigenvalue weighted by molar-refractivity contribution is -0.120. The molecule has 1 fully saturated rings. The molecule has 0 aliphatic carbocycles. The van der Waals surface area contributed by atoms with Crippen molar-refractivity contribution in [1.82, 2.24) is 14.5 Å². The van der Waals surface area contributed by atoms with Crippen LogP contribution in [-0.2, 0) is 11.3 Å². The van der Waals surface area contributed by atoms with Crippen molar-refractivity contribution in [2.45, 2.75) is 33.2 Å². The molecular formula is C22H27N5O. The molecule has 1 atom stereocenters. The number of nitrogens with zero attached hydrogens (tertiary/aromatic N) is 4. The lowest BCUT2D eigenvalue weighted by Gasteiger charge is -2.31. The quantitative estimate of drug-likeness (QED) is 0.731. The lowest BCUT2D eigenvalue weighted by atomic mass is 9.97. The molecule has 2 aromatic heterocycles. The Balaban J connectivity index is 1.50. The molecule has 0 spiro atoms. The van der Waals surface area contributed by atoms with Crippen LogP contribution >= 0.6 is 0 Å². The molecular weight excluding hydrogens is 350 g/mol. The van der Waals surface area contributed by atoms with Crippen molar-refractivity contribution in [2.24, 2.45) is 11.8 Å². The predicted octanol–water partition coefficient (Wildman–Crippen LogP) is 3.94. The number of rotatable bonds is 5. The molecule has 3 aromatic rings. The van der Waals surface area contributed by atoms with Crippen LogP contribution in [0.5, 0.6) is 0 Å². The van der Waals surface area contributed by atoms with Crippen molar-refractivity contribution in [1.29, 1.82) is 0 Å². The Labute approximate surface area is 165 Å². The van der Waals surface area contributed by atoms with E-state index < -0.39 is 0 Å². The molecule has 0 radical (unpaired) electrons. The van der Waals surface area contributed by atoms with Gasteiger partial charge in [0.25, 0.3) is 0 Å². The summed E-state index contributed by atoms with van der Waals surface area (Å²) >= 11 is 0. The Bertz CT molecular complexity index is 950. The first-order valence-corrected chi connectivity index (χ1v) is 10.0. The summed E-state index contributed by atoms with van der Waals surface area (Å²) in [6, 6.07) is 10.0. The maximum atomic E-state index is 13.0. The van der Waals surface area contributed by atoms with Crippen LogP contribution in [0.1, 0.15) is 26.7 Å². The van der Waals surface area contributed by atoms with E-state index in [2.05, 4.69) is 56.9 Å². The molecule has 1 saturated heterocycles. The van der Waals surface area contributed by atoms with Crippen LogP contribution < -0.4 is 10.2 Å². The molecule has 0 bridgehead atoms. The van der Waals surface area contributed by atoms with Gasteiger partial charge in [0.1, 0.15) is 0 Å². The fourth-order valence-electron chi connectivity index (χ4n) is 3.95. The van der Waals surface area contributed by atoms with E-state index in [1.807, 2.05) is 18.2 Å². The molecule has 3 heterocycles. The first kappa shape index (κ1) is 18.5. The second-order valence-corrected chi connectivity index (χ2v) is 7.92. The third-order valence-electron chi connectivity index (χ3n) is 5.26. The van der Waals surface area contributed by atoms with Gasteiger partial charge in [0, 0.05) is 43.6 Å². The van der Waals surface area contributed by atoms with E-state index in [-0.39, 0.29) is 11.8 Å². The standard InChI is InChI=1S/C22H27N5O/c1-16(2)14-26-13-9-18-19(7-3-8-20(18)26)25-21(28)17-6-4-12-27(15-17)22-23-10-5-11-24-22/h3,5,7-11,13,16-17H,4,6,12,14-15H2,1-2H3,(H,25,28)/t17-/m0/s1. The Morgan fingerprint density at radius 2 is 2.04 bits per heavy atom. The van der Waals surface area contributed by atoms with Crippen molar-refractivity contribution < 1.29 is 4.79 Å². The topological polar surface area (TPSA) is 63.1 Å². The van der Waals surface area contributed by atoms with E-state index in [1.54, 1.807) is 12.4 Å². The van der Waals surface area contributed by atoms with E-state index >= 15 is 0 Å². The zero-order chi connectivity index (χ0) is 19.5. The molecule has 6 heteroatoms. The van der Waals surface area contributed by atoms with Crippen LogP contribution in [0.15, 0.2) is 48.9 Å². The first-order chi connectivity index (χ1) is 13.6. The van der Waals surface area contributed by atoms with Gasteiger partial charge in [-0.25, -0.2) is 9.97 Å². The average molecular weight is 377 g/mol. The highest BCUT2D eigenvalue weighted by atomic mass is 16.1. The van der Waals surface area contributed by atoms with Crippen molar-refractivity contribution in [2.75, 3.05) is 23.3 Å². The predicted molar refractivity (Wildman–Crippen MR) is 112 cm³/mol. The summed E-state index contributed by atoms with van der Waals surface area (Å²) < 4.78 is 2.25. The van der Waals surface area contributed by atoms with E-state index in [9.17, 15) is 4.79 Å². The third-order valence-corrected chi connectivity index (χ3v) is 5.26. The van der Waals surface area contributed by atoms with Gasteiger partial charge in [-0.2, -0.15) is 0 Å². The number of amides is 1. The SMILES string of the molecule is CC(C)Cn1ccc2c(NC(=O)[C@H]3CCCN(c4ncccn4)C3)cccc21. The highest BCUT2D eigenvalue weighted by Gasteiger charge is 2.27. The maximum absolute atomic E-state index is 13.0. The molecule has 0 unspecified atom stereocenters. The summed E-state index contributed by atoms with van der Waals surface area (Å²) in [5.74, 6) is 1.28. The number of hydrogen-bond donors (Lipinski definition) is 1. The number of piperidine rings is 1. The highest BCUT2D eigenvalue weighted by Crippen LogP contribution is 2.27. The summed E-state index contributed by atoms with van der Waals surface area (Å²) in [4.78, 5) is 23.7. The van der Waals surface area contributed by atoms with Crippen molar-refractivity contribution >= 4 is 28.4 Å². The van der Waals surface area contributed by atoms with Gasteiger partial charge < -0.3 is 14.8 Å². The molecule has 1 aliphatic rings. The zero-order valence-electron chi connectivity index (χ0n) is 16.5. The van der Waals surface area contributed by atoms with Crippen molar-refractivity contribution in [3.05, 3.63) is 48.9 Å². The Morgan fingerprint density at radius 3 is 2.82 bits per heavy atom. The van der Waals surface area contributed by atoms with Crippen LogP contribution in [-0.4, -0.2) is 33.5 Å². The van der Waals surface area contributed by atoms with Gasteiger partial charge in [-0.05, 0) is 43.0 Å². The summed E-state index contributed by atoms with van der Waals surface area (Å²) in [7, 11) is 0. The fraction of sp³-hybridized carbons (Fsp3) is 0.409. The lowest BCUT2D eigenvalue weighted by Crippen LogP contribution is -2.41. The Hall–Kier alpha value is -2.89. The number of fused-ring (bicyclic) bond motifs is 1. The third kappa shape index (κ3) is 3.86. The van der Waals surface area contributed by atoms with E-state index in [1.165, 1.54) is 0 Å². The number of benzene rings is 1. The fourth-order valence-corrected chi connectivity index (χ4v) is 3.95. The van der Waals surface area contributed by atoms with E-state index in [0.29, 0.717) is 18.4 Å². The van der Waals surface area contributed by atoms with Gasteiger partial charge >= 0.3 is 0 Å². The normalized spacial score (nSPS) is 17.2. The smallest absolute Gasteiger partial charge is 0.229 e. The minimum absolute atomic E-state index is 0.0643. The van der Waals surface area contributed by atoms with Gasteiger partial charge in [-0.1, -0.05) is 19.9 Å². The molecule has 1 aliphatic heterocycles. The second-order valence-electron chi connectivity index (χ2n) is 7.92. The number of carbonyl (C=O) groups is 1. The molecule has 146 valence electrons. The molecule has 0 saturated carbocycles. The van der Waals surface area contributed by atoms with Gasteiger partial charge in [-0.3, -0.25) is 4.79 Å². The molecule has 1 amide bonds. The number of nitrogens with one attached hydrogen (secondary N) is 1. The van der Waals surface area contributed by atoms with Crippen LogP contribution in [0.3, 0.4) is 0 Å². The molecule has 4 rings (SSSR count). The summed E-state index contributed by atoms with van der Waals surface area (Å²) in [6.07, 6.45) is 7.45. The van der Waals surface area contributed by atoms with Gasteiger partial charge in [-0.15, -0.1) is 0 Å². The second kappa shape index (κ2) is 8.00. The largest absolute Gasteiger partial charge is 0.347 e. The van der Waals surface area contributed by atoms with Crippen LogP contribution in [0.25, 0.3) is 10.9 Å². The number of aromatic nitrogens is 3. The van der Waals surface area contributed by atoms with E-state index in [4.69, 9.17) is 0 Å². The molecule has 28 heavy (non-hydrogen) atoms. The number of anilines is 2. The summed E-state index contributed by atoms with van der Waals surface area (Å²) in [5.41, 5.74) is 2.05. The van der Waals surface area contributed by atoms with Crippen molar-refractivity contribution in [3.63, 3.8) is 0 Å². The zero-order valence-corrected chi connectivity index (χ0v) is 16.5. The highest BCUT2D eigenvalue weighted by molar-refractivity contribution is 6.02. The Morgan fingerprint density at radius 1 is 1.21 bits per heavy atom. The molecule has 1 aromatic carbocycles. The van der Waals surface area contributed by atoms with Crippen LogP contribution in [0.2, 0.25) is 0 Å². The monoisotopic (exact) mass is 377 g/mol. The maximum Gasteiger partial charge on any atom is 0.229 e. The average Bonchev–Trinajstić information content (AvgIpc) is 3.12. The number of hydrogen-bond acceptors (Lipinski definition) is 4. The van der Waals surface area contributed by atoms with E-state index in [0.717, 1.165) is 42.5 Å². The number of carbonyl (C=O) groups excluding carboxylic acids is 1. The molecule has 6 nitrogen and oxygen atoms in total. The van der Waals surface area contributed by atoms with Crippen molar-refractivity contribution in [3.8, 4) is 0 Å². The molecule has 1 N–H and O–H groups in total. The first-order valence-electron chi connectivity index (χ1n) is 10.0. The van der Waals surface area contributed by atoms with Gasteiger partial charge in [0.15, 0.2) is 0 Å². The summed E-state index contributed by atoms with van der Waals surface area (Å²) in [5, 5.41) is 4.27. The van der Waals surface area contributed by atoms with Crippen LogP contribution in [0.4, 0.5) is 11.6 Å². The Kier molecular flexibility index (Phi) is 5.28. The summed E-state index contributed by atoms with van der Waals surface area (Å²) in [6.45, 7) is 6.93. The van der Waals surface area contributed by atoms with Crippen LogP contribution in [0, 0.1) is 11.8 Å².